The van der Waals surface area contributed by atoms with Gasteiger partial charge >= 0.3 is 5.97 Å². The van der Waals surface area contributed by atoms with Gasteiger partial charge in [0.1, 0.15) is 6.07 Å². The van der Waals surface area contributed by atoms with Crippen LogP contribution in [0.1, 0.15) is 110 Å². The molecule has 0 aliphatic heterocycles. The lowest BCUT2D eigenvalue weighted by Crippen LogP contribution is -2.65. The van der Waals surface area contributed by atoms with E-state index in [0.717, 1.165) is 0 Å². The Bertz CT molecular complexity index is 1550. The van der Waals surface area contributed by atoms with Gasteiger partial charge in [-0.2, -0.15) is 5.26 Å². The van der Waals surface area contributed by atoms with Gasteiger partial charge in [0.15, 0.2) is 11.6 Å². The molecule has 3 saturated carbocycles. The van der Waals surface area contributed by atoms with E-state index in [1.54, 1.807) is 19.9 Å². The molecule has 5 heteroatoms. The van der Waals surface area contributed by atoms with E-state index >= 15 is 0 Å². The smallest absolute Gasteiger partial charge is 0.309 e. The number of ketones is 2. The van der Waals surface area contributed by atoms with Crippen molar-refractivity contribution in [1.82, 2.24) is 0 Å². The monoisotopic (exact) mass is 503 g/mol. The predicted octanol–water partition coefficient (Wildman–Crippen LogP) is 6.29. The number of rotatable bonds is 1. The van der Waals surface area contributed by atoms with Crippen LogP contribution in [-0.2, 0) is 14.4 Å². The van der Waals surface area contributed by atoms with Crippen molar-refractivity contribution in [2.45, 2.75) is 93.1 Å². The largest absolute Gasteiger partial charge is 0.481 e. The Hall–Kier alpha value is -2.22. The molecule has 5 rings (SSSR count). The number of carbonyl (C=O) groups is 3. The minimum atomic E-state index is -3.36. The molecule has 0 saturated heterocycles. The molecule has 0 unspecified atom stereocenters. The standard InChI is InChI=1S/C31H41NO4/c1-26(2)10-12-31(25(35)36)13-11-30(7)23(19(31)16-26)20(33)14-22-28(5)15-18(17-32)24(34)27(3,4)21(28)8-9-29(22,30)6/h14-15,19,21,23H,8-13,16H2,1-7H3,(H,35,36)/t19-,21-,23-,28-,29+,30+,31-/m0/s1/i1D3,2D3,3D3,4D3. The third-order valence-corrected chi connectivity index (χ3v) is 11.3. The number of hydrogen-bond acceptors (Lipinski definition) is 4. The normalized spacial score (nSPS) is 53.0. The first-order chi connectivity index (χ1) is 21.5. The van der Waals surface area contributed by atoms with E-state index in [1.807, 2.05) is 6.92 Å². The number of nitriles is 1. The van der Waals surface area contributed by atoms with Crippen LogP contribution in [0.15, 0.2) is 23.3 Å². The minimum absolute atomic E-state index is 0.0284. The van der Waals surface area contributed by atoms with Crippen LogP contribution in [0.3, 0.4) is 0 Å². The van der Waals surface area contributed by atoms with E-state index in [9.17, 15) is 24.8 Å². The summed E-state index contributed by atoms with van der Waals surface area (Å²) in [6.45, 7) is -7.54. The zero-order chi connectivity index (χ0) is 36.7. The molecule has 0 bridgehead atoms. The van der Waals surface area contributed by atoms with Gasteiger partial charge in [0, 0.05) is 33.2 Å². The highest BCUT2D eigenvalue weighted by atomic mass is 16.4. The summed E-state index contributed by atoms with van der Waals surface area (Å²) in [6, 6.07) is 1.72. The lowest BCUT2D eigenvalue weighted by molar-refractivity contribution is -0.188. The zero-order valence-electron chi connectivity index (χ0n) is 33.0. The molecule has 1 N–H and O–H groups in total. The molecule has 7 atom stereocenters. The van der Waals surface area contributed by atoms with Crippen molar-refractivity contribution in [3.05, 3.63) is 23.3 Å². The molecule has 0 radical (unpaired) electrons. The fourth-order valence-corrected chi connectivity index (χ4v) is 9.08. The Kier molecular flexibility index (Phi) is 2.93. The molecule has 194 valence electrons. The second-order valence-corrected chi connectivity index (χ2v) is 12.7. The first kappa shape index (κ1) is 14.6. The van der Waals surface area contributed by atoms with Crippen molar-refractivity contribution in [2.24, 2.45) is 50.2 Å². The number of hydrogen-bond donors (Lipinski definition) is 1. The molecule has 0 aromatic carbocycles. The van der Waals surface area contributed by atoms with Gasteiger partial charge < -0.3 is 5.11 Å². The average molecular weight is 504 g/mol. The van der Waals surface area contributed by atoms with Crippen molar-refractivity contribution in [1.29, 1.82) is 5.26 Å². The molecular formula is C31H41NO4. The number of carboxylic acid groups (broad SMARTS) is 1. The quantitative estimate of drug-likeness (QED) is 0.454. The molecular weight excluding hydrogens is 450 g/mol. The highest BCUT2D eigenvalue weighted by Crippen LogP contribution is 2.74. The molecule has 5 aliphatic carbocycles. The van der Waals surface area contributed by atoms with Crippen LogP contribution in [0, 0.1) is 61.6 Å². The predicted molar refractivity (Wildman–Crippen MR) is 137 cm³/mol. The third kappa shape index (κ3) is 2.85. The minimum Gasteiger partial charge on any atom is -0.481 e. The second kappa shape index (κ2) is 7.21. The molecule has 0 amide bonds. The van der Waals surface area contributed by atoms with E-state index in [1.165, 1.54) is 12.2 Å². The van der Waals surface area contributed by atoms with E-state index in [2.05, 4.69) is 0 Å². The zero-order valence-corrected chi connectivity index (χ0v) is 21.0. The van der Waals surface area contributed by atoms with Crippen LogP contribution in [0.2, 0.25) is 0 Å². The lowest BCUT2D eigenvalue weighted by Gasteiger charge is -2.68. The van der Waals surface area contributed by atoms with Crippen LogP contribution >= 0.6 is 0 Å². The summed E-state index contributed by atoms with van der Waals surface area (Å²) in [6.07, 6.45) is 1.58. The first-order valence-electron chi connectivity index (χ1n) is 18.7. The van der Waals surface area contributed by atoms with E-state index in [4.69, 9.17) is 16.4 Å². The Labute approximate surface area is 232 Å². The fourth-order valence-electron chi connectivity index (χ4n) is 9.08. The van der Waals surface area contributed by atoms with Crippen LogP contribution < -0.4 is 0 Å². The maximum absolute atomic E-state index is 14.6. The van der Waals surface area contributed by atoms with Gasteiger partial charge in [-0.15, -0.1) is 0 Å². The highest BCUT2D eigenvalue weighted by molar-refractivity contribution is 6.04. The third-order valence-electron chi connectivity index (χ3n) is 11.3. The summed E-state index contributed by atoms with van der Waals surface area (Å²) in [5.41, 5.74) is -10.8. The molecule has 5 nitrogen and oxygen atoms in total. The van der Waals surface area contributed by atoms with Crippen LogP contribution in [0.5, 0.6) is 0 Å². The van der Waals surface area contributed by atoms with Crippen LogP contribution in [-0.4, -0.2) is 22.6 Å². The number of carboxylic acids is 1. The number of carbonyl (C=O) groups excluding carboxylic acids is 2. The maximum Gasteiger partial charge on any atom is 0.309 e. The second-order valence-electron chi connectivity index (χ2n) is 12.7. The molecule has 36 heavy (non-hydrogen) atoms. The summed E-state index contributed by atoms with van der Waals surface area (Å²) < 4.78 is 100. The van der Waals surface area contributed by atoms with Gasteiger partial charge in [0.05, 0.1) is 11.0 Å². The summed E-state index contributed by atoms with van der Waals surface area (Å²) in [4.78, 5) is 41.5. The fraction of sp³-hybridized carbons (Fsp3) is 0.742. The van der Waals surface area contributed by atoms with Gasteiger partial charge in [-0.05, 0) is 79.1 Å². The summed E-state index contributed by atoms with van der Waals surface area (Å²) in [5, 5.41) is 20.7. The van der Waals surface area contributed by atoms with Crippen LogP contribution in [0.25, 0.3) is 0 Å². The molecule has 5 aliphatic rings. The topological polar surface area (TPSA) is 95.2 Å². The van der Waals surface area contributed by atoms with Gasteiger partial charge in [0.2, 0.25) is 0 Å². The maximum atomic E-state index is 14.6. The Balaban J connectivity index is 1.78. The van der Waals surface area contributed by atoms with Crippen molar-refractivity contribution >= 4 is 17.5 Å². The van der Waals surface area contributed by atoms with E-state index < -0.39 is 107 Å². The molecule has 0 heterocycles. The van der Waals surface area contributed by atoms with Crippen molar-refractivity contribution in [2.75, 3.05) is 0 Å². The van der Waals surface area contributed by atoms with Crippen molar-refractivity contribution in [3.8, 4) is 6.07 Å². The first-order valence-corrected chi connectivity index (χ1v) is 12.7. The van der Waals surface area contributed by atoms with Gasteiger partial charge in [-0.25, -0.2) is 0 Å². The Morgan fingerprint density at radius 1 is 1.08 bits per heavy atom. The summed E-state index contributed by atoms with van der Waals surface area (Å²) in [5.74, 6) is -6.77. The molecule has 0 aromatic heterocycles. The number of fused-ring (bicyclic) bond motifs is 7. The SMILES string of the molecule is [2H]C([2H])([2H])C1(C([2H])([2H])[2H])CC[C@]2(C(=O)O)CC[C@]3(C)[C@H](C(=O)C=C4[C@@]5(C)C=C(C#N)C(=O)C(C([2H])([2H])[2H])(C([2H])([2H])[2H])[C@@H]5CC[C@]43C)[C@@H]2C1. The van der Waals surface area contributed by atoms with Gasteiger partial charge in [-0.1, -0.05) is 59.8 Å². The Morgan fingerprint density at radius 3 is 2.39 bits per heavy atom. The van der Waals surface area contributed by atoms with E-state index in [-0.39, 0.29) is 38.5 Å². The number of Topliss-reactive ketones (excluding diaryl/α,β-unsaturated/α-hetero) is 1. The highest BCUT2D eigenvalue weighted by Gasteiger charge is 2.70. The van der Waals surface area contributed by atoms with Crippen molar-refractivity contribution in [3.63, 3.8) is 0 Å². The number of nitrogens with zero attached hydrogens (tertiary/aromatic N) is 1. The summed E-state index contributed by atoms with van der Waals surface area (Å²) in [7, 11) is 0. The Morgan fingerprint density at radius 2 is 1.78 bits per heavy atom. The van der Waals surface area contributed by atoms with Crippen molar-refractivity contribution < 1.29 is 35.9 Å². The van der Waals surface area contributed by atoms with Gasteiger partial charge in [-0.3, -0.25) is 14.4 Å². The van der Waals surface area contributed by atoms with E-state index in [0.29, 0.717) is 5.57 Å². The average Bonchev–Trinajstić information content (AvgIpc) is 2.91. The summed E-state index contributed by atoms with van der Waals surface area (Å²) >= 11 is 0. The van der Waals surface area contributed by atoms with Crippen LogP contribution in [0.4, 0.5) is 0 Å². The lowest BCUT2D eigenvalue weighted by atomic mass is 9.34. The number of allylic oxidation sites excluding steroid dienone is 4. The van der Waals surface area contributed by atoms with Gasteiger partial charge in [0.25, 0.3) is 0 Å². The molecule has 0 aromatic rings. The molecule has 0 spiro atoms. The number of aliphatic carboxylic acids is 1. The molecule has 3 fully saturated rings.